The zero-order valence-corrected chi connectivity index (χ0v) is 13.2. The van der Waals surface area contributed by atoms with E-state index in [0.29, 0.717) is 13.2 Å². The minimum Gasteiger partial charge on any atom is -0.493 e. The molecule has 1 heterocycles. The Hall–Kier alpha value is -1.48. The summed E-state index contributed by atoms with van der Waals surface area (Å²) in [6.45, 7) is 9.16. The molecule has 2 aromatic rings. The maximum atomic E-state index is 6.58. The number of ether oxygens (including phenoxy) is 2. The minimum atomic E-state index is 0.592. The molecule has 0 unspecified atom stereocenters. The van der Waals surface area contributed by atoms with Gasteiger partial charge in [0.15, 0.2) is 0 Å². The predicted octanol–water partition coefficient (Wildman–Crippen LogP) is 4.56. The monoisotopic (exact) mass is 293 g/mol. The summed E-state index contributed by atoms with van der Waals surface area (Å²) in [7, 11) is 0. The first-order valence-corrected chi connectivity index (χ1v) is 7.39. The molecule has 0 saturated heterocycles. The molecule has 3 nitrogen and oxygen atoms in total. The summed E-state index contributed by atoms with van der Waals surface area (Å²) in [5.41, 5.74) is 2.78. The Labute approximate surface area is 124 Å². The van der Waals surface area contributed by atoms with Gasteiger partial charge in [-0.2, -0.15) is 0 Å². The van der Waals surface area contributed by atoms with Gasteiger partial charge < -0.3 is 9.47 Å². The average Bonchev–Trinajstić information content (AvgIpc) is 2.42. The molecule has 0 radical (unpaired) electrons. The summed E-state index contributed by atoms with van der Waals surface area (Å²) in [6.07, 6.45) is 0.845. The number of aryl methyl sites for hydroxylation is 1. The van der Waals surface area contributed by atoms with E-state index in [2.05, 4.69) is 11.9 Å². The number of pyridine rings is 1. The van der Waals surface area contributed by atoms with Crippen LogP contribution >= 0.6 is 11.6 Å². The highest BCUT2D eigenvalue weighted by molar-refractivity contribution is 6.37. The van der Waals surface area contributed by atoms with Gasteiger partial charge in [-0.05, 0) is 44.9 Å². The molecular formula is C16H20ClNO2. The summed E-state index contributed by atoms with van der Waals surface area (Å²) in [5, 5.41) is 1.57. The molecule has 0 amide bonds. The van der Waals surface area contributed by atoms with E-state index in [-0.39, 0.29) is 0 Å². The van der Waals surface area contributed by atoms with E-state index in [1.54, 1.807) is 0 Å². The molecule has 1 aromatic heterocycles. The Morgan fingerprint density at radius 3 is 2.25 bits per heavy atom. The number of halogens is 1. The lowest BCUT2D eigenvalue weighted by Crippen LogP contribution is -2.01. The van der Waals surface area contributed by atoms with Gasteiger partial charge in [0.2, 0.25) is 0 Å². The standard InChI is InChI=1S/C16H20ClNO2/c1-5-11-10(4)18-16-13(20-7-3)9-8-12(19-6-2)14(16)15(11)17/h8-9H,5-7H2,1-4H3. The fourth-order valence-corrected chi connectivity index (χ4v) is 2.83. The fraction of sp³-hybridized carbons (Fsp3) is 0.438. The van der Waals surface area contributed by atoms with Gasteiger partial charge in [0.05, 0.1) is 23.6 Å². The number of rotatable bonds is 5. The van der Waals surface area contributed by atoms with Gasteiger partial charge in [-0.25, -0.2) is 4.98 Å². The van der Waals surface area contributed by atoms with Crippen molar-refractivity contribution in [3.8, 4) is 11.5 Å². The highest BCUT2D eigenvalue weighted by Crippen LogP contribution is 2.39. The van der Waals surface area contributed by atoms with Crippen molar-refractivity contribution in [1.29, 1.82) is 0 Å². The lowest BCUT2D eigenvalue weighted by molar-refractivity contribution is 0.336. The summed E-state index contributed by atoms with van der Waals surface area (Å²) >= 11 is 6.58. The maximum Gasteiger partial charge on any atom is 0.145 e. The summed E-state index contributed by atoms with van der Waals surface area (Å²) in [4.78, 5) is 4.68. The molecule has 0 atom stereocenters. The number of fused-ring (bicyclic) bond motifs is 1. The fourth-order valence-electron chi connectivity index (χ4n) is 2.38. The maximum absolute atomic E-state index is 6.58. The van der Waals surface area contributed by atoms with Crippen LogP contribution in [-0.2, 0) is 6.42 Å². The van der Waals surface area contributed by atoms with E-state index >= 15 is 0 Å². The lowest BCUT2D eigenvalue weighted by atomic mass is 10.1. The van der Waals surface area contributed by atoms with Crippen LogP contribution in [0, 0.1) is 6.92 Å². The van der Waals surface area contributed by atoms with Crippen molar-refractivity contribution in [2.45, 2.75) is 34.1 Å². The zero-order chi connectivity index (χ0) is 14.7. The van der Waals surface area contributed by atoms with Crippen LogP contribution in [-0.4, -0.2) is 18.2 Å². The minimum absolute atomic E-state index is 0.592. The smallest absolute Gasteiger partial charge is 0.145 e. The third kappa shape index (κ3) is 2.55. The van der Waals surface area contributed by atoms with Gasteiger partial charge in [0.1, 0.15) is 17.0 Å². The van der Waals surface area contributed by atoms with Gasteiger partial charge in [-0.1, -0.05) is 18.5 Å². The Morgan fingerprint density at radius 1 is 1.05 bits per heavy atom. The summed E-state index contributed by atoms with van der Waals surface area (Å²) in [6, 6.07) is 3.80. The molecular weight excluding hydrogens is 274 g/mol. The molecule has 1 aromatic carbocycles. The van der Waals surface area contributed by atoms with E-state index in [1.165, 1.54) is 0 Å². The van der Waals surface area contributed by atoms with E-state index < -0.39 is 0 Å². The molecule has 20 heavy (non-hydrogen) atoms. The van der Waals surface area contributed by atoms with Crippen LogP contribution in [0.25, 0.3) is 10.9 Å². The van der Waals surface area contributed by atoms with Crippen molar-refractivity contribution in [2.24, 2.45) is 0 Å². The third-order valence-electron chi connectivity index (χ3n) is 3.26. The predicted molar refractivity (Wildman–Crippen MR) is 83.2 cm³/mol. The van der Waals surface area contributed by atoms with Crippen LogP contribution in [0.1, 0.15) is 32.0 Å². The molecule has 0 spiro atoms. The molecule has 0 N–H and O–H groups in total. The zero-order valence-electron chi connectivity index (χ0n) is 12.4. The molecule has 0 bridgehead atoms. The number of benzene rings is 1. The second-order valence-electron chi connectivity index (χ2n) is 4.49. The first-order chi connectivity index (χ1) is 9.63. The van der Waals surface area contributed by atoms with Crippen LogP contribution in [0.15, 0.2) is 12.1 Å². The Morgan fingerprint density at radius 2 is 1.65 bits per heavy atom. The van der Waals surface area contributed by atoms with Gasteiger partial charge in [0, 0.05) is 5.69 Å². The molecule has 0 fully saturated rings. The van der Waals surface area contributed by atoms with Crippen molar-refractivity contribution in [3.05, 3.63) is 28.4 Å². The second kappa shape index (κ2) is 6.31. The van der Waals surface area contributed by atoms with Crippen molar-refractivity contribution in [3.63, 3.8) is 0 Å². The molecule has 2 rings (SSSR count). The Balaban J connectivity index is 2.81. The highest BCUT2D eigenvalue weighted by atomic mass is 35.5. The quantitative estimate of drug-likeness (QED) is 0.810. The van der Waals surface area contributed by atoms with Crippen molar-refractivity contribution >= 4 is 22.5 Å². The van der Waals surface area contributed by atoms with E-state index in [9.17, 15) is 0 Å². The first-order valence-electron chi connectivity index (χ1n) is 7.01. The van der Waals surface area contributed by atoms with Crippen LogP contribution in [0.4, 0.5) is 0 Å². The number of hydrogen-bond acceptors (Lipinski definition) is 3. The Kier molecular flexibility index (Phi) is 4.71. The van der Waals surface area contributed by atoms with Crippen LogP contribution in [0.3, 0.4) is 0 Å². The second-order valence-corrected chi connectivity index (χ2v) is 4.87. The van der Waals surface area contributed by atoms with Gasteiger partial charge in [0.25, 0.3) is 0 Å². The van der Waals surface area contributed by atoms with E-state index in [1.807, 2.05) is 32.9 Å². The van der Waals surface area contributed by atoms with Crippen molar-refractivity contribution in [2.75, 3.05) is 13.2 Å². The highest BCUT2D eigenvalue weighted by Gasteiger charge is 2.17. The number of aromatic nitrogens is 1. The largest absolute Gasteiger partial charge is 0.493 e. The third-order valence-corrected chi connectivity index (χ3v) is 3.67. The van der Waals surface area contributed by atoms with Crippen molar-refractivity contribution in [1.82, 2.24) is 4.98 Å². The topological polar surface area (TPSA) is 31.4 Å². The van der Waals surface area contributed by atoms with Gasteiger partial charge in [-0.15, -0.1) is 0 Å². The molecule has 0 saturated carbocycles. The van der Waals surface area contributed by atoms with Gasteiger partial charge in [-0.3, -0.25) is 0 Å². The summed E-state index contributed by atoms with van der Waals surface area (Å²) in [5.74, 6) is 1.51. The Bertz CT molecular complexity index is 626. The lowest BCUT2D eigenvalue weighted by Gasteiger charge is -2.15. The molecule has 0 aliphatic heterocycles. The molecule has 4 heteroatoms. The normalized spacial score (nSPS) is 10.8. The van der Waals surface area contributed by atoms with E-state index in [4.69, 9.17) is 21.1 Å². The van der Waals surface area contributed by atoms with Crippen LogP contribution < -0.4 is 9.47 Å². The average molecular weight is 294 g/mol. The summed E-state index contributed by atoms with van der Waals surface area (Å²) < 4.78 is 11.4. The molecule has 108 valence electrons. The van der Waals surface area contributed by atoms with Crippen LogP contribution in [0.2, 0.25) is 5.02 Å². The van der Waals surface area contributed by atoms with E-state index in [0.717, 1.165) is 45.1 Å². The SMILES string of the molecule is CCOc1ccc(OCC)c2c(Cl)c(CC)c(C)nc12. The number of nitrogens with zero attached hydrogens (tertiary/aromatic N) is 1. The molecule has 0 aliphatic carbocycles. The molecule has 0 aliphatic rings. The van der Waals surface area contributed by atoms with Crippen LogP contribution in [0.5, 0.6) is 11.5 Å². The number of hydrogen-bond donors (Lipinski definition) is 0. The first kappa shape index (κ1) is 14.9. The van der Waals surface area contributed by atoms with Gasteiger partial charge >= 0.3 is 0 Å². The van der Waals surface area contributed by atoms with Crippen molar-refractivity contribution < 1.29 is 9.47 Å².